The smallest absolute Gasteiger partial charge is 0.0540 e. The van der Waals surface area contributed by atoms with Gasteiger partial charge in [0.15, 0.2) is 0 Å². The molecular formula is C52H35NS. The van der Waals surface area contributed by atoms with Crippen molar-refractivity contribution in [2.45, 2.75) is 0 Å². The third-order valence-corrected chi connectivity index (χ3v) is 11.6. The fourth-order valence-corrected chi connectivity index (χ4v) is 8.86. The molecule has 0 saturated heterocycles. The lowest BCUT2D eigenvalue weighted by molar-refractivity contribution is 1.28. The first-order chi connectivity index (χ1) is 26.7. The van der Waals surface area contributed by atoms with E-state index in [9.17, 15) is 0 Å². The molecule has 0 atom stereocenters. The van der Waals surface area contributed by atoms with Crippen LogP contribution in [0.3, 0.4) is 0 Å². The molecule has 2 heteroatoms. The summed E-state index contributed by atoms with van der Waals surface area (Å²) in [7, 11) is 0. The van der Waals surface area contributed by atoms with Crippen molar-refractivity contribution in [3.05, 3.63) is 212 Å². The maximum Gasteiger partial charge on any atom is 0.0540 e. The van der Waals surface area contributed by atoms with Gasteiger partial charge < -0.3 is 4.90 Å². The van der Waals surface area contributed by atoms with Crippen molar-refractivity contribution in [3.8, 4) is 44.5 Å². The van der Waals surface area contributed by atoms with Gasteiger partial charge in [0.25, 0.3) is 0 Å². The van der Waals surface area contributed by atoms with Crippen LogP contribution in [0.4, 0.5) is 17.1 Å². The molecule has 254 valence electrons. The topological polar surface area (TPSA) is 3.24 Å². The van der Waals surface area contributed by atoms with Gasteiger partial charge >= 0.3 is 0 Å². The first kappa shape index (κ1) is 32.0. The maximum absolute atomic E-state index is 2.41. The summed E-state index contributed by atoms with van der Waals surface area (Å²) in [6.45, 7) is 0. The van der Waals surface area contributed by atoms with Gasteiger partial charge in [-0.15, -0.1) is 11.3 Å². The number of anilines is 3. The summed E-state index contributed by atoms with van der Waals surface area (Å²) in [6.07, 6.45) is 0. The maximum atomic E-state index is 2.41. The second kappa shape index (κ2) is 13.7. The van der Waals surface area contributed by atoms with E-state index >= 15 is 0 Å². The normalized spacial score (nSPS) is 11.3. The number of benzene rings is 9. The fraction of sp³-hybridized carbons (Fsp3) is 0. The Morgan fingerprint density at radius 2 is 0.870 bits per heavy atom. The molecule has 0 aliphatic heterocycles. The van der Waals surface area contributed by atoms with Gasteiger partial charge in [0, 0.05) is 37.1 Å². The van der Waals surface area contributed by atoms with Gasteiger partial charge in [-0.3, -0.25) is 0 Å². The van der Waals surface area contributed by atoms with E-state index in [-0.39, 0.29) is 0 Å². The average Bonchev–Trinajstić information content (AvgIpc) is 3.63. The van der Waals surface area contributed by atoms with Crippen LogP contribution in [-0.2, 0) is 0 Å². The Bertz CT molecular complexity index is 2920. The largest absolute Gasteiger partial charge is 0.310 e. The molecule has 0 aliphatic rings. The quantitative estimate of drug-likeness (QED) is 0.160. The average molecular weight is 706 g/mol. The van der Waals surface area contributed by atoms with Crippen molar-refractivity contribution < 1.29 is 0 Å². The Morgan fingerprint density at radius 1 is 0.296 bits per heavy atom. The molecule has 0 fully saturated rings. The SMILES string of the molecule is c1ccc(-c2ccc(-c3ccc(N(c4cccc(-c5ccc6c(c5)sc5ccccc56)c4)c4ccccc4-c4ccc5ccccc5c4)cc3)cc2)cc1. The lowest BCUT2D eigenvalue weighted by Crippen LogP contribution is -2.11. The van der Waals surface area contributed by atoms with E-state index in [1.54, 1.807) is 0 Å². The number of fused-ring (bicyclic) bond motifs is 4. The molecular weight excluding hydrogens is 671 g/mol. The number of thiophene rings is 1. The fourth-order valence-electron chi connectivity index (χ4n) is 7.72. The zero-order valence-corrected chi connectivity index (χ0v) is 30.4. The summed E-state index contributed by atoms with van der Waals surface area (Å²) >= 11 is 1.86. The third-order valence-electron chi connectivity index (χ3n) is 10.5. The molecule has 0 unspecified atom stereocenters. The van der Waals surface area contributed by atoms with Crippen LogP contribution in [0, 0.1) is 0 Å². The van der Waals surface area contributed by atoms with E-state index in [0.29, 0.717) is 0 Å². The van der Waals surface area contributed by atoms with E-state index in [4.69, 9.17) is 0 Å². The minimum absolute atomic E-state index is 1.10. The summed E-state index contributed by atoms with van der Waals surface area (Å²) < 4.78 is 2.63. The van der Waals surface area contributed by atoms with E-state index in [1.807, 2.05) is 11.3 Å². The Hall–Kier alpha value is -6.74. The Kier molecular flexibility index (Phi) is 8.09. The predicted octanol–water partition coefficient (Wildman–Crippen LogP) is 15.3. The van der Waals surface area contributed by atoms with Crippen LogP contribution < -0.4 is 4.90 Å². The van der Waals surface area contributed by atoms with Crippen molar-refractivity contribution in [2.75, 3.05) is 4.90 Å². The van der Waals surface area contributed by atoms with Crippen molar-refractivity contribution in [1.29, 1.82) is 0 Å². The van der Waals surface area contributed by atoms with Crippen LogP contribution in [-0.4, -0.2) is 0 Å². The second-order valence-corrected chi connectivity index (χ2v) is 14.8. The monoisotopic (exact) mass is 705 g/mol. The number of para-hydroxylation sites is 1. The first-order valence-corrected chi connectivity index (χ1v) is 19.2. The summed E-state index contributed by atoms with van der Waals surface area (Å²) in [5, 5.41) is 5.12. The van der Waals surface area contributed by atoms with Crippen molar-refractivity contribution in [2.24, 2.45) is 0 Å². The molecule has 10 rings (SSSR count). The highest BCUT2D eigenvalue weighted by atomic mass is 32.1. The number of hydrogen-bond donors (Lipinski definition) is 0. The predicted molar refractivity (Wildman–Crippen MR) is 233 cm³/mol. The summed E-state index contributed by atoms with van der Waals surface area (Å²) in [6, 6.07) is 77.2. The van der Waals surface area contributed by atoms with Crippen LogP contribution in [0.2, 0.25) is 0 Å². The molecule has 0 amide bonds. The van der Waals surface area contributed by atoms with Crippen LogP contribution >= 0.6 is 11.3 Å². The van der Waals surface area contributed by atoms with Gasteiger partial charge in [0.05, 0.1) is 5.69 Å². The summed E-state index contributed by atoms with van der Waals surface area (Å²) in [5.74, 6) is 0. The van der Waals surface area contributed by atoms with E-state index in [1.165, 1.54) is 75.5 Å². The van der Waals surface area contributed by atoms with Gasteiger partial charge in [0.2, 0.25) is 0 Å². The van der Waals surface area contributed by atoms with Crippen LogP contribution in [0.25, 0.3) is 75.5 Å². The molecule has 10 aromatic rings. The van der Waals surface area contributed by atoms with Gasteiger partial charge in [0.1, 0.15) is 0 Å². The molecule has 0 radical (unpaired) electrons. The van der Waals surface area contributed by atoms with E-state index in [0.717, 1.165) is 17.1 Å². The number of nitrogens with zero attached hydrogens (tertiary/aromatic N) is 1. The highest BCUT2D eigenvalue weighted by Crippen LogP contribution is 2.43. The molecule has 0 aliphatic carbocycles. The lowest BCUT2D eigenvalue weighted by Gasteiger charge is -2.28. The molecule has 0 saturated carbocycles. The molecule has 1 aromatic heterocycles. The van der Waals surface area contributed by atoms with E-state index in [2.05, 4.69) is 217 Å². The minimum atomic E-state index is 1.10. The molecule has 54 heavy (non-hydrogen) atoms. The second-order valence-electron chi connectivity index (χ2n) is 13.8. The number of hydrogen-bond acceptors (Lipinski definition) is 2. The summed E-state index contributed by atoms with van der Waals surface area (Å²) in [4.78, 5) is 2.41. The highest BCUT2D eigenvalue weighted by Gasteiger charge is 2.18. The van der Waals surface area contributed by atoms with Gasteiger partial charge in [-0.2, -0.15) is 0 Å². The molecule has 9 aromatic carbocycles. The van der Waals surface area contributed by atoms with Gasteiger partial charge in [-0.1, -0.05) is 164 Å². The molecule has 1 heterocycles. The highest BCUT2D eigenvalue weighted by molar-refractivity contribution is 7.25. The number of rotatable bonds is 7. The van der Waals surface area contributed by atoms with E-state index < -0.39 is 0 Å². The van der Waals surface area contributed by atoms with Crippen molar-refractivity contribution in [1.82, 2.24) is 0 Å². The minimum Gasteiger partial charge on any atom is -0.310 e. The standard InChI is InChI=1S/C52H35NS/c1-2-11-36(12-3-1)38-21-23-39(24-22-38)40-27-30-45(31-28-40)53(50-19-8-6-17-47(50)44-26-25-37-13-4-5-14-41(37)33-44)46-16-10-15-42(34-46)43-29-32-49-48-18-7-9-20-51(48)54-52(49)35-43/h1-35H. The zero-order valence-electron chi connectivity index (χ0n) is 29.6. The Labute approximate surface area is 319 Å². The molecule has 1 nitrogen and oxygen atoms in total. The third kappa shape index (κ3) is 5.93. The Morgan fingerprint density at radius 3 is 1.69 bits per heavy atom. The first-order valence-electron chi connectivity index (χ1n) is 18.4. The van der Waals surface area contributed by atoms with Crippen LogP contribution in [0.15, 0.2) is 212 Å². The lowest BCUT2D eigenvalue weighted by atomic mass is 9.97. The van der Waals surface area contributed by atoms with Gasteiger partial charge in [-0.25, -0.2) is 0 Å². The van der Waals surface area contributed by atoms with Gasteiger partial charge in [-0.05, 0) is 98.2 Å². The zero-order chi connectivity index (χ0) is 35.8. The Balaban J connectivity index is 1.08. The molecule has 0 bridgehead atoms. The van der Waals surface area contributed by atoms with Crippen molar-refractivity contribution >= 4 is 59.3 Å². The van der Waals surface area contributed by atoms with Crippen molar-refractivity contribution in [3.63, 3.8) is 0 Å². The molecule has 0 N–H and O–H groups in total. The van der Waals surface area contributed by atoms with Crippen LogP contribution in [0.1, 0.15) is 0 Å². The molecule has 0 spiro atoms. The summed E-state index contributed by atoms with van der Waals surface area (Å²) in [5.41, 5.74) is 13.0. The van der Waals surface area contributed by atoms with Crippen LogP contribution in [0.5, 0.6) is 0 Å².